The van der Waals surface area contributed by atoms with Crippen molar-refractivity contribution in [3.63, 3.8) is 0 Å². The number of rotatable bonds is 6. The fourth-order valence-electron chi connectivity index (χ4n) is 1.44. The number of hydrogen-bond donors (Lipinski definition) is 1. The van der Waals surface area contributed by atoms with Gasteiger partial charge in [-0.2, -0.15) is 0 Å². The average molecular weight is 288 g/mol. The Morgan fingerprint density at radius 1 is 1.67 bits per heavy atom. The second-order valence-electron chi connectivity index (χ2n) is 3.64. The Kier molecular flexibility index (Phi) is 5.58. The minimum Gasteiger partial charge on any atom is -0.309 e. The highest BCUT2D eigenvalue weighted by Crippen LogP contribution is 2.32. The molecule has 0 saturated carbocycles. The van der Waals surface area contributed by atoms with E-state index < -0.39 is 0 Å². The summed E-state index contributed by atoms with van der Waals surface area (Å²) in [5.74, 6) is 0. The molecule has 1 rings (SSSR count). The Bertz CT molecular complexity index is 300. The molecule has 0 spiro atoms. The van der Waals surface area contributed by atoms with Crippen LogP contribution in [0, 0.1) is 6.92 Å². The first-order valence-corrected chi connectivity index (χ1v) is 6.90. The maximum atomic E-state index is 3.82. The van der Waals surface area contributed by atoms with E-state index in [0.29, 0.717) is 6.04 Å². The summed E-state index contributed by atoms with van der Waals surface area (Å²) in [5.41, 5.74) is 1.32. The molecule has 0 aromatic carbocycles. The SMILES string of the molecule is C=CCC(NCCC)c1cc(C)c(Br)s1. The molecule has 0 amide bonds. The Balaban J connectivity index is 2.73. The van der Waals surface area contributed by atoms with Gasteiger partial charge in [0.2, 0.25) is 0 Å². The van der Waals surface area contributed by atoms with Crippen LogP contribution < -0.4 is 5.32 Å². The monoisotopic (exact) mass is 287 g/mol. The van der Waals surface area contributed by atoms with Crippen molar-refractivity contribution in [2.45, 2.75) is 32.7 Å². The summed E-state index contributed by atoms with van der Waals surface area (Å²) < 4.78 is 1.24. The number of thiophene rings is 1. The molecular weight excluding hydrogens is 270 g/mol. The summed E-state index contributed by atoms with van der Waals surface area (Å²) in [7, 11) is 0. The molecule has 0 radical (unpaired) electrons. The lowest BCUT2D eigenvalue weighted by molar-refractivity contribution is 0.544. The Morgan fingerprint density at radius 3 is 2.87 bits per heavy atom. The molecule has 0 fully saturated rings. The fraction of sp³-hybridized carbons (Fsp3) is 0.500. The molecule has 1 aromatic heterocycles. The summed E-state index contributed by atoms with van der Waals surface area (Å²) in [6.07, 6.45) is 4.14. The first-order chi connectivity index (χ1) is 7.19. The lowest BCUT2D eigenvalue weighted by Crippen LogP contribution is -2.20. The lowest BCUT2D eigenvalue weighted by Gasteiger charge is -2.14. The summed E-state index contributed by atoms with van der Waals surface area (Å²) in [6.45, 7) is 9.20. The number of nitrogens with one attached hydrogen (secondary N) is 1. The summed E-state index contributed by atoms with van der Waals surface area (Å²) in [6, 6.07) is 2.68. The van der Waals surface area contributed by atoms with Crippen LogP contribution in [0.5, 0.6) is 0 Å². The van der Waals surface area contributed by atoms with E-state index in [9.17, 15) is 0 Å². The predicted molar refractivity (Wildman–Crippen MR) is 72.6 cm³/mol. The van der Waals surface area contributed by atoms with Crippen LogP contribution in [-0.2, 0) is 0 Å². The van der Waals surface area contributed by atoms with Gasteiger partial charge in [-0.3, -0.25) is 0 Å². The zero-order valence-electron chi connectivity index (χ0n) is 9.35. The summed E-state index contributed by atoms with van der Waals surface area (Å²) in [5, 5.41) is 3.55. The number of aryl methyl sites for hydroxylation is 1. The summed E-state index contributed by atoms with van der Waals surface area (Å²) in [4.78, 5) is 1.40. The maximum absolute atomic E-state index is 3.82. The standard InChI is InChI=1S/C12H18BrNS/c1-4-6-10(14-7-5-2)11-8-9(3)12(13)15-11/h4,8,10,14H,1,5-7H2,2-3H3. The molecule has 1 unspecified atom stereocenters. The zero-order valence-corrected chi connectivity index (χ0v) is 11.7. The van der Waals surface area contributed by atoms with E-state index in [1.165, 1.54) is 20.6 Å². The van der Waals surface area contributed by atoms with E-state index in [1.807, 2.05) is 17.4 Å². The van der Waals surface area contributed by atoms with Crippen molar-refractivity contribution in [2.24, 2.45) is 0 Å². The average Bonchev–Trinajstić information content (AvgIpc) is 2.54. The highest BCUT2D eigenvalue weighted by Gasteiger charge is 2.12. The molecule has 0 aliphatic carbocycles. The van der Waals surface area contributed by atoms with Gasteiger partial charge in [-0.15, -0.1) is 17.9 Å². The molecule has 1 aromatic rings. The minimum atomic E-state index is 0.428. The normalized spacial score (nSPS) is 12.7. The third-order valence-corrected chi connectivity index (χ3v) is 4.51. The molecule has 15 heavy (non-hydrogen) atoms. The minimum absolute atomic E-state index is 0.428. The van der Waals surface area contributed by atoms with Crippen molar-refractivity contribution in [2.75, 3.05) is 6.54 Å². The molecule has 1 atom stereocenters. The van der Waals surface area contributed by atoms with E-state index >= 15 is 0 Å². The van der Waals surface area contributed by atoms with E-state index in [-0.39, 0.29) is 0 Å². The summed E-state index contributed by atoms with van der Waals surface area (Å²) >= 11 is 5.39. The van der Waals surface area contributed by atoms with E-state index in [4.69, 9.17) is 0 Å². The quantitative estimate of drug-likeness (QED) is 0.763. The van der Waals surface area contributed by atoms with Crippen LogP contribution in [0.4, 0.5) is 0 Å². The zero-order chi connectivity index (χ0) is 11.3. The van der Waals surface area contributed by atoms with Gasteiger partial charge in [-0.1, -0.05) is 13.0 Å². The number of hydrogen-bond acceptors (Lipinski definition) is 2. The van der Waals surface area contributed by atoms with Crippen LogP contribution in [0.2, 0.25) is 0 Å². The molecule has 1 N–H and O–H groups in total. The topological polar surface area (TPSA) is 12.0 Å². The van der Waals surface area contributed by atoms with E-state index in [2.05, 4.69) is 47.7 Å². The van der Waals surface area contributed by atoms with Crippen LogP contribution in [0.15, 0.2) is 22.5 Å². The highest BCUT2D eigenvalue weighted by molar-refractivity contribution is 9.11. The fourth-order valence-corrected chi connectivity index (χ4v) is 3.10. The van der Waals surface area contributed by atoms with Gasteiger partial charge in [-0.25, -0.2) is 0 Å². The maximum Gasteiger partial charge on any atom is 0.0731 e. The van der Waals surface area contributed by atoms with Gasteiger partial charge >= 0.3 is 0 Å². The van der Waals surface area contributed by atoms with Crippen LogP contribution >= 0.6 is 27.3 Å². The van der Waals surface area contributed by atoms with Gasteiger partial charge in [0.15, 0.2) is 0 Å². The van der Waals surface area contributed by atoms with Crippen molar-refractivity contribution in [3.05, 3.63) is 32.9 Å². The van der Waals surface area contributed by atoms with Crippen molar-refractivity contribution in [1.82, 2.24) is 5.32 Å². The first kappa shape index (κ1) is 12.9. The Morgan fingerprint density at radius 2 is 2.40 bits per heavy atom. The van der Waals surface area contributed by atoms with Crippen LogP contribution in [0.25, 0.3) is 0 Å². The third-order valence-electron chi connectivity index (χ3n) is 2.26. The lowest BCUT2D eigenvalue weighted by atomic mass is 10.1. The predicted octanol–water partition coefficient (Wildman–Crippen LogP) is 4.44. The van der Waals surface area contributed by atoms with Crippen LogP contribution in [0.3, 0.4) is 0 Å². The first-order valence-electron chi connectivity index (χ1n) is 5.29. The van der Waals surface area contributed by atoms with Crippen LogP contribution in [-0.4, -0.2) is 6.54 Å². The molecule has 0 aliphatic rings. The van der Waals surface area contributed by atoms with Crippen molar-refractivity contribution in [1.29, 1.82) is 0 Å². The molecule has 0 bridgehead atoms. The third kappa shape index (κ3) is 3.74. The molecule has 1 heterocycles. The molecule has 3 heteroatoms. The molecule has 0 aliphatic heterocycles. The molecular formula is C12H18BrNS. The van der Waals surface area contributed by atoms with Crippen molar-refractivity contribution < 1.29 is 0 Å². The second kappa shape index (κ2) is 6.46. The van der Waals surface area contributed by atoms with E-state index in [0.717, 1.165) is 13.0 Å². The largest absolute Gasteiger partial charge is 0.309 e. The molecule has 84 valence electrons. The second-order valence-corrected chi connectivity index (χ2v) is 6.04. The van der Waals surface area contributed by atoms with Crippen molar-refractivity contribution >= 4 is 27.3 Å². The Hall–Kier alpha value is -0.120. The number of halogens is 1. The van der Waals surface area contributed by atoms with Gasteiger partial charge in [-0.05, 0) is 53.9 Å². The van der Waals surface area contributed by atoms with Gasteiger partial charge in [0.25, 0.3) is 0 Å². The van der Waals surface area contributed by atoms with E-state index in [1.54, 1.807) is 0 Å². The van der Waals surface area contributed by atoms with Crippen LogP contribution in [0.1, 0.15) is 36.2 Å². The van der Waals surface area contributed by atoms with Gasteiger partial charge < -0.3 is 5.32 Å². The van der Waals surface area contributed by atoms with Gasteiger partial charge in [0.1, 0.15) is 0 Å². The van der Waals surface area contributed by atoms with Gasteiger partial charge in [0, 0.05) is 10.9 Å². The van der Waals surface area contributed by atoms with Crippen molar-refractivity contribution in [3.8, 4) is 0 Å². The Labute approximate surface area is 105 Å². The smallest absolute Gasteiger partial charge is 0.0731 e. The van der Waals surface area contributed by atoms with Gasteiger partial charge in [0.05, 0.1) is 3.79 Å². The highest BCUT2D eigenvalue weighted by atomic mass is 79.9. The molecule has 0 saturated heterocycles. The molecule has 1 nitrogen and oxygen atoms in total.